The molecule has 0 radical (unpaired) electrons. The van der Waals surface area contributed by atoms with E-state index in [1.165, 1.54) is 26.1 Å². The van der Waals surface area contributed by atoms with Crippen LogP contribution < -0.4 is 0 Å². The minimum Gasteiger partial charge on any atom is -0.305 e. The van der Waals surface area contributed by atoms with Gasteiger partial charge in [0.1, 0.15) is 5.78 Å². The van der Waals surface area contributed by atoms with E-state index in [2.05, 4.69) is 23.9 Å². The first-order chi connectivity index (χ1) is 7.65. The number of carbonyl (C=O) groups excluding carboxylic acids is 1. The standard InChI is InChI=1S/C13H24N2O/c1-14-8-7-12(10-14)15(2)9-11-3-5-13(16)6-4-11/h11-12H,3-10H2,1-2H3. The number of nitrogens with zero attached hydrogens (tertiary/aromatic N) is 2. The van der Waals surface area contributed by atoms with Gasteiger partial charge in [-0.25, -0.2) is 0 Å². The fourth-order valence-electron chi connectivity index (χ4n) is 3.01. The Balaban J connectivity index is 1.74. The van der Waals surface area contributed by atoms with Gasteiger partial charge in [0.05, 0.1) is 0 Å². The Morgan fingerprint density at radius 1 is 1.31 bits per heavy atom. The third kappa shape index (κ3) is 3.05. The maximum absolute atomic E-state index is 11.2. The molecule has 0 N–H and O–H groups in total. The molecule has 0 aromatic carbocycles. The largest absolute Gasteiger partial charge is 0.305 e. The highest BCUT2D eigenvalue weighted by molar-refractivity contribution is 5.79. The zero-order valence-electron chi connectivity index (χ0n) is 10.6. The van der Waals surface area contributed by atoms with Crippen LogP contribution in [0.15, 0.2) is 0 Å². The van der Waals surface area contributed by atoms with E-state index in [1.54, 1.807) is 0 Å². The third-order valence-corrected chi connectivity index (χ3v) is 4.20. The summed E-state index contributed by atoms with van der Waals surface area (Å²) in [5.41, 5.74) is 0. The van der Waals surface area contributed by atoms with Crippen molar-refractivity contribution in [1.29, 1.82) is 0 Å². The van der Waals surface area contributed by atoms with Crippen LogP contribution in [0.1, 0.15) is 32.1 Å². The fraction of sp³-hybridized carbons (Fsp3) is 0.923. The van der Waals surface area contributed by atoms with Crippen molar-refractivity contribution in [3.8, 4) is 0 Å². The second-order valence-corrected chi connectivity index (χ2v) is 5.63. The third-order valence-electron chi connectivity index (χ3n) is 4.20. The monoisotopic (exact) mass is 224 g/mol. The van der Waals surface area contributed by atoms with Crippen molar-refractivity contribution in [2.45, 2.75) is 38.1 Å². The van der Waals surface area contributed by atoms with Gasteiger partial charge in [-0.15, -0.1) is 0 Å². The Morgan fingerprint density at radius 3 is 2.56 bits per heavy atom. The Labute approximate surface area is 98.8 Å². The molecule has 1 aliphatic heterocycles. The van der Waals surface area contributed by atoms with Crippen molar-refractivity contribution in [3.05, 3.63) is 0 Å². The predicted octanol–water partition coefficient (Wildman–Crippen LogP) is 1.38. The first kappa shape index (κ1) is 12.1. The molecule has 1 aliphatic carbocycles. The van der Waals surface area contributed by atoms with Crippen LogP contribution in [0.4, 0.5) is 0 Å². The van der Waals surface area contributed by atoms with Crippen LogP contribution in [0.2, 0.25) is 0 Å². The highest BCUT2D eigenvalue weighted by atomic mass is 16.1. The van der Waals surface area contributed by atoms with Crippen LogP contribution >= 0.6 is 0 Å². The molecular weight excluding hydrogens is 200 g/mol. The van der Waals surface area contributed by atoms with Crippen molar-refractivity contribution in [2.75, 3.05) is 33.7 Å². The SMILES string of the molecule is CN1CCC(N(C)CC2CCC(=O)CC2)C1. The predicted molar refractivity (Wildman–Crippen MR) is 65.5 cm³/mol. The summed E-state index contributed by atoms with van der Waals surface area (Å²) in [6, 6.07) is 0.739. The molecule has 1 saturated heterocycles. The average molecular weight is 224 g/mol. The first-order valence-corrected chi connectivity index (χ1v) is 6.55. The van der Waals surface area contributed by atoms with Crippen LogP contribution in [-0.2, 0) is 4.79 Å². The first-order valence-electron chi connectivity index (χ1n) is 6.55. The molecule has 1 saturated carbocycles. The number of carbonyl (C=O) groups is 1. The van der Waals surface area contributed by atoms with Crippen LogP contribution in [0.3, 0.4) is 0 Å². The molecular formula is C13H24N2O. The minimum absolute atomic E-state index is 0.472. The molecule has 0 amide bonds. The van der Waals surface area contributed by atoms with Crippen LogP contribution in [0.25, 0.3) is 0 Å². The molecule has 0 aromatic rings. The van der Waals surface area contributed by atoms with E-state index in [9.17, 15) is 4.79 Å². The van der Waals surface area contributed by atoms with Crippen molar-refractivity contribution < 1.29 is 4.79 Å². The Hall–Kier alpha value is -0.410. The van der Waals surface area contributed by atoms with Gasteiger partial charge in [-0.3, -0.25) is 4.79 Å². The summed E-state index contributed by atoms with van der Waals surface area (Å²) >= 11 is 0. The summed E-state index contributed by atoms with van der Waals surface area (Å²) < 4.78 is 0. The summed E-state index contributed by atoms with van der Waals surface area (Å²) in [4.78, 5) is 16.1. The van der Waals surface area contributed by atoms with Crippen molar-refractivity contribution in [2.24, 2.45) is 5.92 Å². The molecule has 0 aromatic heterocycles. The lowest BCUT2D eigenvalue weighted by Gasteiger charge is -2.30. The van der Waals surface area contributed by atoms with Crippen LogP contribution in [0.5, 0.6) is 0 Å². The Bertz CT molecular complexity index is 244. The quantitative estimate of drug-likeness (QED) is 0.723. The van der Waals surface area contributed by atoms with Gasteiger partial charge in [-0.05, 0) is 45.8 Å². The highest BCUT2D eigenvalue weighted by Gasteiger charge is 2.26. The van der Waals surface area contributed by atoms with Crippen LogP contribution in [-0.4, -0.2) is 55.4 Å². The normalized spacial score (nSPS) is 29.2. The van der Waals surface area contributed by atoms with Gasteiger partial charge in [0.2, 0.25) is 0 Å². The highest BCUT2D eigenvalue weighted by Crippen LogP contribution is 2.23. The molecule has 0 spiro atoms. The summed E-state index contributed by atoms with van der Waals surface area (Å²) in [6.07, 6.45) is 5.18. The molecule has 2 rings (SSSR count). The van der Waals surface area contributed by atoms with E-state index < -0.39 is 0 Å². The zero-order chi connectivity index (χ0) is 11.5. The molecule has 1 unspecified atom stereocenters. The van der Waals surface area contributed by atoms with E-state index in [-0.39, 0.29) is 0 Å². The van der Waals surface area contributed by atoms with E-state index in [4.69, 9.17) is 0 Å². The van der Waals surface area contributed by atoms with Gasteiger partial charge in [-0.2, -0.15) is 0 Å². The lowest BCUT2D eigenvalue weighted by molar-refractivity contribution is -0.121. The topological polar surface area (TPSA) is 23.6 Å². The van der Waals surface area contributed by atoms with Gasteiger partial charge in [0.25, 0.3) is 0 Å². The molecule has 1 heterocycles. The molecule has 0 bridgehead atoms. The maximum Gasteiger partial charge on any atom is 0.132 e. The molecule has 3 heteroatoms. The van der Waals surface area contributed by atoms with Gasteiger partial charge >= 0.3 is 0 Å². The molecule has 1 atom stereocenters. The van der Waals surface area contributed by atoms with E-state index >= 15 is 0 Å². The van der Waals surface area contributed by atoms with E-state index in [0.29, 0.717) is 5.78 Å². The second-order valence-electron chi connectivity index (χ2n) is 5.63. The van der Waals surface area contributed by atoms with E-state index in [1.807, 2.05) is 0 Å². The molecule has 3 nitrogen and oxygen atoms in total. The van der Waals surface area contributed by atoms with Gasteiger partial charge < -0.3 is 9.80 Å². The Morgan fingerprint density at radius 2 is 2.00 bits per heavy atom. The number of rotatable bonds is 3. The molecule has 2 fully saturated rings. The second kappa shape index (κ2) is 5.28. The van der Waals surface area contributed by atoms with Gasteiger partial charge in [-0.1, -0.05) is 0 Å². The number of likely N-dealkylation sites (tertiary alicyclic amines) is 1. The van der Waals surface area contributed by atoms with Gasteiger partial charge in [0.15, 0.2) is 0 Å². The number of hydrogen-bond donors (Lipinski definition) is 0. The number of hydrogen-bond acceptors (Lipinski definition) is 3. The maximum atomic E-state index is 11.2. The number of Topliss-reactive ketones (excluding diaryl/α,β-unsaturated/α-hetero) is 1. The van der Waals surface area contributed by atoms with Crippen molar-refractivity contribution >= 4 is 5.78 Å². The minimum atomic E-state index is 0.472. The van der Waals surface area contributed by atoms with Gasteiger partial charge in [0, 0.05) is 32.0 Å². The summed E-state index contributed by atoms with van der Waals surface area (Å²) in [7, 11) is 4.45. The van der Waals surface area contributed by atoms with Crippen molar-refractivity contribution in [3.63, 3.8) is 0 Å². The summed E-state index contributed by atoms with van der Waals surface area (Å²) in [5, 5.41) is 0. The lowest BCUT2D eigenvalue weighted by Crippen LogP contribution is -2.38. The molecule has 2 aliphatic rings. The smallest absolute Gasteiger partial charge is 0.132 e. The summed E-state index contributed by atoms with van der Waals surface area (Å²) in [6.45, 7) is 3.63. The molecule has 16 heavy (non-hydrogen) atoms. The lowest BCUT2D eigenvalue weighted by atomic mass is 9.88. The number of ketones is 1. The van der Waals surface area contributed by atoms with Crippen LogP contribution in [0, 0.1) is 5.92 Å². The average Bonchev–Trinajstić information content (AvgIpc) is 2.68. The van der Waals surface area contributed by atoms with Crippen molar-refractivity contribution in [1.82, 2.24) is 9.80 Å². The Kier molecular flexibility index (Phi) is 3.98. The zero-order valence-corrected chi connectivity index (χ0v) is 10.6. The number of likely N-dealkylation sites (N-methyl/N-ethyl adjacent to an activating group) is 2. The fourth-order valence-corrected chi connectivity index (χ4v) is 3.01. The molecule has 92 valence electrons. The van der Waals surface area contributed by atoms with E-state index in [0.717, 1.165) is 37.6 Å². The summed E-state index contributed by atoms with van der Waals surface area (Å²) in [5.74, 6) is 1.23.